The van der Waals surface area contributed by atoms with Gasteiger partial charge >= 0.3 is 0 Å². The van der Waals surface area contributed by atoms with Crippen molar-refractivity contribution in [2.75, 3.05) is 0 Å². The first-order valence-electron chi connectivity index (χ1n) is 4.84. The van der Waals surface area contributed by atoms with Crippen molar-refractivity contribution in [2.24, 2.45) is 0 Å². The van der Waals surface area contributed by atoms with Crippen molar-refractivity contribution in [3.05, 3.63) is 47.3 Å². The van der Waals surface area contributed by atoms with Crippen molar-refractivity contribution in [2.45, 2.75) is 5.33 Å². The second-order valence-electron chi connectivity index (χ2n) is 3.56. The van der Waals surface area contributed by atoms with Crippen LogP contribution in [0.4, 0.5) is 0 Å². The molecule has 0 fully saturated rings. The lowest BCUT2D eigenvalue weighted by atomic mass is 10.1. The Morgan fingerprint density at radius 3 is 2.73 bits per heavy atom. The minimum Gasteiger partial charge on any atom is -0.143 e. The van der Waals surface area contributed by atoms with Gasteiger partial charge in [-0.25, -0.2) is 0 Å². The van der Waals surface area contributed by atoms with Crippen LogP contribution in [-0.4, -0.2) is 0 Å². The molecule has 0 aliphatic heterocycles. The Morgan fingerprint density at radius 1 is 1.00 bits per heavy atom. The van der Waals surface area contributed by atoms with Gasteiger partial charge in [0.05, 0.1) is 0 Å². The maximum Gasteiger partial charge on any atom is 0.0424 e. The first kappa shape index (κ1) is 9.37. The minimum absolute atomic E-state index is 0.936. The maximum absolute atomic E-state index is 3.53. The van der Waals surface area contributed by atoms with Gasteiger partial charge in [0.2, 0.25) is 0 Å². The van der Waals surface area contributed by atoms with Crippen LogP contribution in [0.15, 0.2) is 41.8 Å². The van der Waals surface area contributed by atoms with Gasteiger partial charge in [-0.15, -0.1) is 11.3 Å². The molecule has 3 rings (SSSR count). The molecule has 0 saturated carbocycles. The molecule has 0 aliphatic rings. The zero-order valence-electron chi connectivity index (χ0n) is 8.03. The molecule has 0 aliphatic carbocycles. The lowest BCUT2D eigenvalue weighted by Crippen LogP contribution is -1.75. The van der Waals surface area contributed by atoms with Gasteiger partial charge < -0.3 is 0 Å². The van der Waals surface area contributed by atoms with E-state index < -0.39 is 0 Å². The van der Waals surface area contributed by atoms with E-state index >= 15 is 0 Å². The summed E-state index contributed by atoms with van der Waals surface area (Å²) in [7, 11) is 0. The van der Waals surface area contributed by atoms with Crippen LogP contribution < -0.4 is 0 Å². The van der Waals surface area contributed by atoms with E-state index in [0.29, 0.717) is 0 Å². The van der Waals surface area contributed by atoms with Crippen LogP contribution in [0.2, 0.25) is 0 Å². The molecule has 2 heteroatoms. The minimum atomic E-state index is 0.936. The summed E-state index contributed by atoms with van der Waals surface area (Å²) in [6, 6.07) is 13.0. The van der Waals surface area contributed by atoms with Crippen molar-refractivity contribution in [1.29, 1.82) is 0 Å². The SMILES string of the molecule is BrCc1csc2c1ccc1ccccc12. The third-order valence-electron chi connectivity index (χ3n) is 2.69. The van der Waals surface area contributed by atoms with Crippen molar-refractivity contribution >= 4 is 48.1 Å². The zero-order chi connectivity index (χ0) is 10.3. The van der Waals surface area contributed by atoms with E-state index in [-0.39, 0.29) is 0 Å². The van der Waals surface area contributed by atoms with E-state index in [0.717, 1.165) is 5.33 Å². The summed E-state index contributed by atoms with van der Waals surface area (Å²) in [4.78, 5) is 0. The fourth-order valence-electron chi connectivity index (χ4n) is 1.92. The first-order valence-corrected chi connectivity index (χ1v) is 6.84. The van der Waals surface area contributed by atoms with Crippen molar-refractivity contribution in [3.8, 4) is 0 Å². The van der Waals surface area contributed by atoms with Crippen LogP contribution in [-0.2, 0) is 5.33 Å². The van der Waals surface area contributed by atoms with E-state index in [1.807, 2.05) is 11.3 Å². The Kier molecular flexibility index (Phi) is 2.26. The van der Waals surface area contributed by atoms with Gasteiger partial charge in [-0.05, 0) is 27.1 Å². The Balaban J connectivity index is 2.50. The molecule has 0 radical (unpaired) electrons. The Morgan fingerprint density at radius 2 is 1.87 bits per heavy atom. The number of alkyl halides is 1. The number of hydrogen-bond donors (Lipinski definition) is 0. The lowest BCUT2D eigenvalue weighted by molar-refractivity contribution is 1.55. The van der Waals surface area contributed by atoms with Crippen molar-refractivity contribution in [3.63, 3.8) is 0 Å². The normalized spacial score (nSPS) is 11.3. The third-order valence-corrected chi connectivity index (χ3v) is 4.37. The number of hydrogen-bond acceptors (Lipinski definition) is 1. The van der Waals surface area contributed by atoms with E-state index in [2.05, 4.69) is 57.7 Å². The van der Waals surface area contributed by atoms with Crippen LogP contribution in [0.1, 0.15) is 5.56 Å². The van der Waals surface area contributed by atoms with E-state index in [1.165, 1.54) is 26.4 Å². The Hall–Kier alpha value is -0.860. The number of halogens is 1. The zero-order valence-corrected chi connectivity index (χ0v) is 10.4. The molecule has 2 aromatic carbocycles. The van der Waals surface area contributed by atoms with Crippen LogP contribution in [0.3, 0.4) is 0 Å². The number of benzene rings is 2. The third kappa shape index (κ3) is 1.40. The van der Waals surface area contributed by atoms with Gasteiger partial charge in [0.1, 0.15) is 0 Å². The molecule has 0 nitrogen and oxygen atoms in total. The Bertz CT molecular complexity index is 625. The topological polar surface area (TPSA) is 0 Å². The van der Waals surface area contributed by atoms with Gasteiger partial charge in [0.25, 0.3) is 0 Å². The summed E-state index contributed by atoms with van der Waals surface area (Å²) in [6.07, 6.45) is 0. The molecule has 15 heavy (non-hydrogen) atoms. The molecular formula is C13H9BrS. The second-order valence-corrected chi connectivity index (χ2v) is 5.00. The molecular weight excluding hydrogens is 268 g/mol. The van der Waals surface area contributed by atoms with E-state index in [9.17, 15) is 0 Å². The molecule has 0 bridgehead atoms. The standard InChI is InChI=1S/C13H9BrS/c14-7-10-8-15-13-11-4-2-1-3-9(11)5-6-12(10)13/h1-6,8H,7H2. The molecule has 74 valence electrons. The van der Waals surface area contributed by atoms with Gasteiger partial charge in [-0.2, -0.15) is 0 Å². The largest absolute Gasteiger partial charge is 0.143 e. The lowest BCUT2D eigenvalue weighted by Gasteiger charge is -1.99. The van der Waals surface area contributed by atoms with Crippen molar-refractivity contribution < 1.29 is 0 Å². The molecule has 0 atom stereocenters. The van der Waals surface area contributed by atoms with Gasteiger partial charge in [-0.1, -0.05) is 52.3 Å². The van der Waals surface area contributed by atoms with Crippen molar-refractivity contribution in [1.82, 2.24) is 0 Å². The van der Waals surface area contributed by atoms with E-state index in [1.54, 1.807) is 0 Å². The summed E-state index contributed by atoms with van der Waals surface area (Å²) < 4.78 is 1.41. The summed E-state index contributed by atoms with van der Waals surface area (Å²) in [5.74, 6) is 0. The highest BCUT2D eigenvalue weighted by Crippen LogP contribution is 2.33. The summed E-state index contributed by atoms with van der Waals surface area (Å²) in [6.45, 7) is 0. The number of fused-ring (bicyclic) bond motifs is 3. The maximum atomic E-state index is 3.53. The van der Waals surface area contributed by atoms with Crippen LogP contribution in [0.5, 0.6) is 0 Å². The fourth-order valence-corrected chi connectivity index (χ4v) is 3.71. The molecule has 1 heterocycles. The number of thiophene rings is 1. The highest BCUT2D eigenvalue weighted by Gasteiger charge is 2.05. The molecule has 0 unspecified atom stereocenters. The van der Waals surface area contributed by atoms with Gasteiger partial charge in [0.15, 0.2) is 0 Å². The number of rotatable bonds is 1. The summed E-state index contributed by atoms with van der Waals surface area (Å²) in [5, 5.41) is 7.26. The summed E-state index contributed by atoms with van der Waals surface area (Å²) >= 11 is 5.37. The Labute approximate surface area is 101 Å². The molecule has 0 saturated heterocycles. The first-order chi connectivity index (χ1) is 7.40. The monoisotopic (exact) mass is 276 g/mol. The molecule has 0 spiro atoms. The molecule has 1 aromatic heterocycles. The average Bonchev–Trinajstić information content (AvgIpc) is 2.72. The van der Waals surface area contributed by atoms with E-state index in [4.69, 9.17) is 0 Å². The van der Waals surface area contributed by atoms with Crippen LogP contribution in [0.25, 0.3) is 20.9 Å². The van der Waals surface area contributed by atoms with Crippen LogP contribution >= 0.6 is 27.3 Å². The predicted molar refractivity (Wildman–Crippen MR) is 72.0 cm³/mol. The second kappa shape index (κ2) is 3.62. The molecule has 3 aromatic rings. The fraction of sp³-hybridized carbons (Fsp3) is 0.0769. The quantitative estimate of drug-likeness (QED) is 0.552. The van der Waals surface area contributed by atoms with Crippen LogP contribution in [0, 0.1) is 0 Å². The molecule has 0 amide bonds. The summed E-state index contributed by atoms with van der Waals surface area (Å²) in [5.41, 5.74) is 1.39. The van der Waals surface area contributed by atoms with Gasteiger partial charge in [-0.3, -0.25) is 0 Å². The smallest absolute Gasteiger partial charge is 0.0424 e. The highest BCUT2D eigenvalue weighted by molar-refractivity contribution is 9.08. The average molecular weight is 277 g/mol. The molecule has 0 N–H and O–H groups in total. The van der Waals surface area contributed by atoms with Gasteiger partial charge in [0, 0.05) is 10.0 Å². The predicted octanol–water partition coefficient (Wildman–Crippen LogP) is 4.95. The highest BCUT2D eigenvalue weighted by atomic mass is 79.9.